The van der Waals surface area contributed by atoms with Crippen molar-refractivity contribution in [2.75, 3.05) is 19.7 Å². The minimum absolute atomic E-state index is 0.0251. The second-order valence-corrected chi connectivity index (χ2v) is 4.81. The van der Waals surface area contributed by atoms with Gasteiger partial charge in [-0.3, -0.25) is 16.2 Å². The first-order valence-corrected chi connectivity index (χ1v) is 6.29. The Kier molecular flexibility index (Phi) is 4.60. The molecule has 6 nitrogen and oxygen atoms in total. The van der Waals surface area contributed by atoms with Gasteiger partial charge in [0.05, 0.1) is 18.8 Å². The number of nitrogens with one attached hydrogen (secondary N) is 1. The van der Waals surface area contributed by atoms with Crippen molar-refractivity contribution in [2.24, 2.45) is 5.84 Å². The Morgan fingerprint density at radius 2 is 2.17 bits per heavy atom. The lowest BCUT2D eigenvalue weighted by Crippen LogP contribution is -2.51. The summed E-state index contributed by atoms with van der Waals surface area (Å²) in [4.78, 5) is 10.4. The maximum atomic E-state index is 5.83. The van der Waals surface area contributed by atoms with Crippen LogP contribution < -0.4 is 11.3 Å². The van der Waals surface area contributed by atoms with Crippen molar-refractivity contribution in [3.8, 4) is 0 Å². The molecule has 2 heterocycles. The highest BCUT2D eigenvalue weighted by Gasteiger charge is 2.29. The van der Waals surface area contributed by atoms with Gasteiger partial charge in [0.15, 0.2) is 0 Å². The highest BCUT2D eigenvalue weighted by molar-refractivity contribution is 5.11. The van der Waals surface area contributed by atoms with Gasteiger partial charge >= 0.3 is 0 Å². The molecule has 0 aliphatic carbocycles. The standard InChI is InChI=1S/C12H21N5O/c1-9(2)17-3-4-18-11(7-17)12(16-13)10-5-14-8-15-6-10/h5-6,8-9,11-12,16H,3-4,7,13H2,1-2H3. The van der Waals surface area contributed by atoms with E-state index >= 15 is 0 Å². The normalized spacial score (nSPS) is 23.2. The lowest BCUT2D eigenvalue weighted by atomic mass is 10.0. The predicted molar refractivity (Wildman–Crippen MR) is 68.5 cm³/mol. The van der Waals surface area contributed by atoms with Crippen molar-refractivity contribution >= 4 is 0 Å². The number of nitrogens with two attached hydrogens (primary N) is 1. The van der Waals surface area contributed by atoms with E-state index < -0.39 is 0 Å². The van der Waals surface area contributed by atoms with Gasteiger partial charge in [0.1, 0.15) is 6.33 Å². The largest absolute Gasteiger partial charge is 0.374 e. The molecule has 18 heavy (non-hydrogen) atoms. The van der Waals surface area contributed by atoms with Crippen molar-refractivity contribution < 1.29 is 4.74 Å². The first kappa shape index (κ1) is 13.4. The van der Waals surface area contributed by atoms with Crippen molar-refractivity contribution in [2.45, 2.75) is 32.0 Å². The maximum Gasteiger partial charge on any atom is 0.115 e. The molecule has 1 aliphatic rings. The number of hydrogen-bond acceptors (Lipinski definition) is 6. The average Bonchev–Trinajstić information content (AvgIpc) is 2.41. The maximum absolute atomic E-state index is 5.83. The summed E-state index contributed by atoms with van der Waals surface area (Å²) in [6, 6.07) is 0.439. The Morgan fingerprint density at radius 3 is 2.78 bits per heavy atom. The van der Waals surface area contributed by atoms with E-state index in [9.17, 15) is 0 Å². The number of rotatable bonds is 4. The van der Waals surface area contributed by atoms with E-state index in [0.29, 0.717) is 6.04 Å². The summed E-state index contributed by atoms with van der Waals surface area (Å²) in [7, 11) is 0. The summed E-state index contributed by atoms with van der Waals surface area (Å²) in [5.74, 6) is 5.65. The molecule has 1 aliphatic heterocycles. The topological polar surface area (TPSA) is 76.3 Å². The monoisotopic (exact) mass is 251 g/mol. The Balaban J connectivity index is 2.08. The van der Waals surface area contributed by atoms with Crippen LogP contribution in [0, 0.1) is 0 Å². The molecule has 1 aromatic heterocycles. The van der Waals surface area contributed by atoms with Crippen LogP contribution in [0.2, 0.25) is 0 Å². The van der Waals surface area contributed by atoms with Crippen LogP contribution in [-0.2, 0) is 4.74 Å². The van der Waals surface area contributed by atoms with Gasteiger partial charge < -0.3 is 4.74 Å². The highest BCUT2D eigenvalue weighted by Crippen LogP contribution is 2.21. The number of aromatic nitrogens is 2. The first-order chi connectivity index (χ1) is 8.72. The number of nitrogens with zero attached hydrogens (tertiary/aromatic N) is 3. The molecule has 0 aromatic carbocycles. The Labute approximate surface area is 108 Å². The molecule has 2 unspecified atom stereocenters. The van der Waals surface area contributed by atoms with Gasteiger partial charge in [-0.1, -0.05) is 0 Å². The fraction of sp³-hybridized carbons (Fsp3) is 0.667. The molecular weight excluding hydrogens is 230 g/mol. The molecule has 1 fully saturated rings. The quantitative estimate of drug-likeness (QED) is 0.583. The molecule has 0 saturated carbocycles. The molecular formula is C12H21N5O. The molecule has 0 radical (unpaired) electrons. The molecule has 0 bridgehead atoms. The Hall–Kier alpha value is -1.08. The molecule has 1 saturated heterocycles. The van der Waals surface area contributed by atoms with Gasteiger partial charge in [0.2, 0.25) is 0 Å². The van der Waals surface area contributed by atoms with E-state index in [0.717, 1.165) is 25.3 Å². The number of ether oxygens (including phenoxy) is 1. The van der Waals surface area contributed by atoms with Gasteiger partial charge in [0.25, 0.3) is 0 Å². The molecule has 0 amide bonds. The third-order valence-electron chi connectivity index (χ3n) is 3.35. The Morgan fingerprint density at radius 1 is 1.44 bits per heavy atom. The third-order valence-corrected chi connectivity index (χ3v) is 3.35. The van der Waals surface area contributed by atoms with E-state index in [4.69, 9.17) is 10.6 Å². The van der Waals surface area contributed by atoms with Crippen LogP contribution >= 0.6 is 0 Å². The molecule has 1 aromatic rings. The molecule has 2 atom stereocenters. The molecule has 2 rings (SSSR count). The van der Waals surface area contributed by atoms with Crippen LogP contribution in [0.25, 0.3) is 0 Å². The Bertz CT molecular complexity index is 359. The second-order valence-electron chi connectivity index (χ2n) is 4.81. The second kappa shape index (κ2) is 6.19. The molecule has 0 spiro atoms. The zero-order chi connectivity index (χ0) is 13.0. The fourth-order valence-corrected chi connectivity index (χ4v) is 2.26. The summed E-state index contributed by atoms with van der Waals surface area (Å²) >= 11 is 0. The van der Waals surface area contributed by atoms with Gasteiger partial charge in [-0.05, 0) is 13.8 Å². The van der Waals surface area contributed by atoms with Gasteiger partial charge in [-0.15, -0.1) is 0 Å². The number of hydrazine groups is 1. The minimum atomic E-state index is -0.0762. The highest BCUT2D eigenvalue weighted by atomic mass is 16.5. The summed E-state index contributed by atoms with van der Waals surface area (Å²) in [5.41, 5.74) is 3.77. The van der Waals surface area contributed by atoms with Crippen molar-refractivity contribution in [3.63, 3.8) is 0 Å². The van der Waals surface area contributed by atoms with E-state index in [1.165, 1.54) is 6.33 Å². The van der Waals surface area contributed by atoms with Crippen LogP contribution in [0.4, 0.5) is 0 Å². The van der Waals surface area contributed by atoms with Gasteiger partial charge in [0, 0.05) is 37.1 Å². The van der Waals surface area contributed by atoms with E-state index in [2.05, 4.69) is 34.1 Å². The van der Waals surface area contributed by atoms with Crippen molar-refractivity contribution in [1.82, 2.24) is 20.3 Å². The number of morpholine rings is 1. The van der Waals surface area contributed by atoms with Gasteiger partial charge in [-0.25, -0.2) is 9.97 Å². The lowest BCUT2D eigenvalue weighted by molar-refractivity contribution is -0.0562. The fourth-order valence-electron chi connectivity index (χ4n) is 2.26. The zero-order valence-electron chi connectivity index (χ0n) is 10.9. The van der Waals surface area contributed by atoms with Gasteiger partial charge in [-0.2, -0.15) is 0 Å². The smallest absolute Gasteiger partial charge is 0.115 e. The van der Waals surface area contributed by atoms with Crippen LogP contribution in [0.15, 0.2) is 18.7 Å². The molecule has 6 heteroatoms. The summed E-state index contributed by atoms with van der Waals surface area (Å²) in [6.07, 6.45) is 5.08. The van der Waals surface area contributed by atoms with Crippen LogP contribution in [0.3, 0.4) is 0 Å². The minimum Gasteiger partial charge on any atom is -0.374 e. The number of hydrogen-bond donors (Lipinski definition) is 2. The summed E-state index contributed by atoms with van der Waals surface area (Å²) in [6.45, 7) is 6.95. The van der Waals surface area contributed by atoms with E-state index in [1.807, 2.05) is 0 Å². The van der Waals surface area contributed by atoms with E-state index in [-0.39, 0.29) is 12.1 Å². The van der Waals surface area contributed by atoms with Crippen LogP contribution in [0.1, 0.15) is 25.5 Å². The predicted octanol–water partition coefficient (Wildman–Crippen LogP) is 0.0902. The van der Waals surface area contributed by atoms with Crippen LogP contribution in [0.5, 0.6) is 0 Å². The average molecular weight is 251 g/mol. The third kappa shape index (κ3) is 3.02. The lowest BCUT2D eigenvalue weighted by Gasteiger charge is -2.38. The molecule has 3 N–H and O–H groups in total. The van der Waals surface area contributed by atoms with E-state index in [1.54, 1.807) is 12.4 Å². The van der Waals surface area contributed by atoms with Crippen molar-refractivity contribution in [3.05, 3.63) is 24.3 Å². The zero-order valence-corrected chi connectivity index (χ0v) is 10.9. The van der Waals surface area contributed by atoms with Crippen LogP contribution in [-0.4, -0.2) is 46.7 Å². The summed E-state index contributed by atoms with van der Waals surface area (Å²) < 4.78 is 5.83. The first-order valence-electron chi connectivity index (χ1n) is 6.29. The SMILES string of the molecule is CC(C)N1CCOC(C(NN)c2cncnc2)C1. The molecule has 100 valence electrons. The van der Waals surface area contributed by atoms with Crippen molar-refractivity contribution in [1.29, 1.82) is 0 Å². The summed E-state index contributed by atoms with van der Waals surface area (Å²) in [5, 5.41) is 0.